The lowest BCUT2D eigenvalue weighted by Crippen LogP contribution is -2.07. The van der Waals surface area contributed by atoms with Gasteiger partial charge >= 0.3 is 0 Å². The standard InChI is InChI=1S/C21H22N2O3/c1-14-4-3-5-15(10-14)12-23-19-11-16(25-2)6-8-18(19)21(22-23)20-9-7-17(13-24)26-20/h3-9,11,14,24H,10,12-13H2,1-2H3. The highest BCUT2D eigenvalue weighted by molar-refractivity contribution is 5.93. The second kappa shape index (κ2) is 6.84. The summed E-state index contributed by atoms with van der Waals surface area (Å²) in [7, 11) is 1.67. The smallest absolute Gasteiger partial charge is 0.155 e. The topological polar surface area (TPSA) is 60.4 Å². The molecule has 4 rings (SSSR count). The van der Waals surface area contributed by atoms with Crippen LogP contribution in [0.15, 0.2) is 58.6 Å². The Kier molecular flexibility index (Phi) is 4.39. The number of methoxy groups -OCH3 is 1. The van der Waals surface area contributed by atoms with Crippen LogP contribution in [0.25, 0.3) is 22.4 Å². The first-order valence-corrected chi connectivity index (χ1v) is 8.78. The van der Waals surface area contributed by atoms with E-state index in [1.807, 2.05) is 28.9 Å². The molecule has 5 heteroatoms. The maximum atomic E-state index is 9.28. The van der Waals surface area contributed by atoms with E-state index in [1.54, 1.807) is 13.2 Å². The Morgan fingerprint density at radius 3 is 2.92 bits per heavy atom. The zero-order valence-electron chi connectivity index (χ0n) is 15.0. The molecule has 134 valence electrons. The highest BCUT2D eigenvalue weighted by Gasteiger charge is 2.18. The minimum Gasteiger partial charge on any atom is -0.497 e. The summed E-state index contributed by atoms with van der Waals surface area (Å²) in [5, 5.41) is 15.1. The highest BCUT2D eigenvalue weighted by atomic mass is 16.5. The van der Waals surface area contributed by atoms with Gasteiger partial charge in [-0.25, -0.2) is 0 Å². The van der Waals surface area contributed by atoms with Crippen molar-refractivity contribution in [1.82, 2.24) is 9.78 Å². The molecule has 1 N–H and O–H groups in total. The average molecular weight is 350 g/mol. The Labute approximate surface area is 152 Å². The molecule has 1 unspecified atom stereocenters. The molecule has 0 bridgehead atoms. The quantitative estimate of drug-likeness (QED) is 0.744. The predicted molar refractivity (Wildman–Crippen MR) is 101 cm³/mol. The van der Waals surface area contributed by atoms with Crippen molar-refractivity contribution >= 4 is 10.9 Å². The third kappa shape index (κ3) is 3.06. The van der Waals surface area contributed by atoms with Crippen molar-refractivity contribution in [3.05, 3.63) is 59.9 Å². The number of allylic oxidation sites excluding steroid dienone is 4. The van der Waals surface area contributed by atoms with E-state index in [0.29, 0.717) is 17.4 Å². The molecule has 1 atom stereocenters. The van der Waals surface area contributed by atoms with Gasteiger partial charge in [0, 0.05) is 11.5 Å². The lowest BCUT2D eigenvalue weighted by molar-refractivity contribution is 0.248. The maximum Gasteiger partial charge on any atom is 0.155 e. The molecule has 2 aromatic heterocycles. The Balaban J connectivity index is 1.80. The summed E-state index contributed by atoms with van der Waals surface area (Å²) in [4.78, 5) is 0. The monoisotopic (exact) mass is 350 g/mol. The van der Waals surface area contributed by atoms with Crippen LogP contribution in [0.3, 0.4) is 0 Å². The van der Waals surface area contributed by atoms with E-state index < -0.39 is 0 Å². The average Bonchev–Trinajstić information content (AvgIpc) is 3.26. The summed E-state index contributed by atoms with van der Waals surface area (Å²) in [6.45, 7) is 2.83. The lowest BCUT2D eigenvalue weighted by atomic mass is 9.96. The van der Waals surface area contributed by atoms with Crippen LogP contribution < -0.4 is 4.74 Å². The normalized spacial score (nSPS) is 16.9. The minimum absolute atomic E-state index is 0.121. The molecule has 0 radical (unpaired) electrons. The number of furan rings is 1. The lowest BCUT2D eigenvalue weighted by Gasteiger charge is -2.15. The number of aromatic nitrogens is 2. The van der Waals surface area contributed by atoms with Crippen molar-refractivity contribution < 1.29 is 14.3 Å². The summed E-state index contributed by atoms with van der Waals surface area (Å²) in [6, 6.07) is 9.57. The highest BCUT2D eigenvalue weighted by Crippen LogP contribution is 2.32. The Morgan fingerprint density at radius 1 is 1.31 bits per heavy atom. The number of aliphatic hydroxyl groups excluding tert-OH is 1. The number of fused-ring (bicyclic) bond motifs is 1. The molecule has 1 aromatic carbocycles. The number of hydrogen-bond acceptors (Lipinski definition) is 4. The predicted octanol–water partition coefficient (Wildman–Crippen LogP) is 4.32. The van der Waals surface area contributed by atoms with Crippen LogP contribution in [0, 0.1) is 5.92 Å². The Bertz CT molecular complexity index is 994. The molecule has 0 spiro atoms. The molecule has 3 aromatic rings. The van der Waals surface area contributed by atoms with Gasteiger partial charge in [-0.2, -0.15) is 5.10 Å². The molecule has 1 aliphatic rings. The van der Waals surface area contributed by atoms with Crippen LogP contribution in [-0.4, -0.2) is 22.0 Å². The number of aliphatic hydroxyl groups is 1. The molecule has 5 nitrogen and oxygen atoms in total. The molecule has 2 heterocycles. The summed E-state index contributed by atoms with van der Waals surface area (Å²) in [5.41, 5.74) is 3.13. The van der Waals surface area contributed by atoms with E-state index >= 15 is 0 Å². The third-order valence-corrected chi connectivity index (χ3v) is 4.72. The van der Waals surface area contributed by atoms with Gasteiger partial charge in [0.05, 0.1) is 19.2 Å². The van der Waals surface area contributed by atoms with Gasteiger partial charge < -0.3 is 14.3 Å². The summed E-state index contributed by atoms with van der Waals surface area (Å²) in [6.07, 6.45) is 7.55. The van der Waals surface area contributed by atoms with Crippen molar-refractivity contribution in [2.24, 2.45) is 5.92 Å². The number of hydrogen-bond donors (Lipinski definition) is 1. The van der Waals surface area contributed by atoms with Crippen LogP contribution in [0.2, 0.25) is 0 Å². The van der Waals surface area contributed by atoms with E-state index in [4.69, 9.17) is 14.3 Å². The van der Waals surface area contributed by atoms with Gasteiger partial charge in [0.15, 0.2) is 5.76 Å². The molecular formula is C21H22N2O3. The summed E-state index contributed by atoms with van der Waals surface area (Å²) in [5.74, 6) is 2.54. The van der Waals surface area contributed by atoms with E-state index in [2.05, 4.69) is 25.2 Å². The number of nitrogens with zero attached hydrogens (tertiary/aromatic N) is 2. The minimum atomic E-state index is -0.121. The van der Waals surface area contributed by atoms with Crippen LogP contribution in [-0.2, 0) is 13.2 Å². The van der Waals surface area contributed by atoms with Gasteiger partial charge in [0.1, 0.15) is 23.8 Å². The summed E-state index contributed by atoms with van der Waals surface area (Å²) < 4.78 is 13.1. The largest absolute Gasteiger partial charge is 0.497 e. The van der Waals surface area contributed by atoms with Crippen LogP contribution in [0.4, 0.5) is 0 Å². The number of ether oxygens (including phenoxy) is 1. The van der Waals surface area contributed by atoms with Crippen LogP contribution in [0.5, 0.6) is 5.75 Å². The fraction of sp³-hybridized carbons (Fsp3) is 0.286. The zero-order chi connectivity index (χ0) is 18.1. The second-order valence-corrected chi connectivity index (χ2v) is 6.70. The van der Waals surface area contributed by atoms with Gasteiger partial charge in [-0.05, 0) is 42.2 Å². The molecule has 1 aliphatic carbocycles. The van der Waals surface area contributed by atoms with E-state index in [1.165, 1.54) is 5.57 Å². The van der Waals surface area contributed by atoms with Gasteiger partial charge in [0.25, 0.3) is 0 Å². The van der Waals surface area contributed by atoms with Crippen molar-refractivity contribution in [2.75, 3.05) is 7.11 Å². The Hall–Kier alpha value is -2.79. The molecule has 0 saturated carbocycles. The first-order chi connectivity index (χ1) is 12.7. The van der Waals surface area contributed by atoms with Gasteiger partial charge in [-0.1, -0.05) is 25.2 Å². The van der Waals surface area contributed by atoms with Gasteiger partial charge in [-0.15, -0.1) is 0 Å². The number of benzene rings is 1. The molecule has 26 heavy (non-hydrogen) atoms. The second-order valence-electron chi connectivity index (χ2n) is 6.70. The zero-order valence-corrected chi connectivity index (χ0v) is 15.0. The fourth-order valence-corrected chi connectivity index (χ4v) is 3.41. The van der Waals surface area contributed by atoms with E-state index in [0.717, 1.165) is 35.3 Å². The fourth-order valence-electron chi connectivity index (χ4n) is 3.41. The first-order valence-electron chi connectivity index (χ1n) is 8.78. The van der Waals surface area contributed by atoms with E-state index in [-0.39, 0.29) is 6.61 Å². The van der Waals surface area contributed by atoms with Crippen molar-refractivity contribution in [2.45, 2.75) is 26.5 Å². The van der Waals surface area contributed by atoms with E-state index in [9.17, 15) is 5.11 Å². The van der Waals surface area contributed by atoms with Crippen molar-refractivity contribution in [3.8, 4) is 17.2 Å². The molecule has 0 fully saturated rings. The SMILES string of the molecule is COc1ccc2c(-c3ccc(CO)o3)nn(CC3=CC=CC(C)C3)c2c1. The third-order valence-electron chi connectivity index (χ3n) is 4.72. The molecule has 0 saturated heterocycles. The molecular weight excluding hydrogens is 328 g/mol. The van der Waals surface area contributed by atoms with Gasteiger partial charge in [0.2, 0.25) is 0 Å². The maximum absolute atomic E-state index is 9.28. The van der Waals surface area contributed by atoms with Crippen molar-refractivity contribution in [1.29, 1.82) is 0 Å². The summed E-state index contributed by atoms with van der Waals surface area (Å²) >= 11 is 0. The first kappa shape index (κ1) is 16.7. The van der Waals surface area contributed by atoms with Crippen LogP contribution >= 0.6 is 0 Å². The molecule has 0 aliphatic heterocycles. The Morgan fingerprint density at radius 2 is 2.19 bits per heavy atom. The molecule has 0 amide bonds. The number of rotatable bonds is 5. The van der Waals surface area contributed by atoms with Crippen molar-refractivity contribution in [3.63, 3.8) is 0 Å². The van der Waals surface area contributed by atoms with Gasteiger partial charge in [-0.3, -0.25) is 4.68 Å². The van der Waals surface area contributed by atoms with Crippen LogP contribution in [0.1, 0.15) is 19.1 Å².